The second-order valence-electron chi connectivity index (χ2n) is 8.73. The number of likely N-dealkylation sites (N-methyl/N-ethyl adjacent to an activating group) is 1. The van der Waals surface area contributed by atoms with Crippen molar-refractivity contribution in [1.29, 1.82) is 0 Å². The average molecular weight is 421 g/mol. The fourth-order valence-electron chi connectivity index (χ4n) is 3.88. The molecule has 2 aromatic carbocycles. The van der Waals surface area contributed by atoms with Gasteiger partial charge in [-0.15, -0.1) is 0 Å². The topological polar surface area (TPSA) is 55.9 Å². The molecule has 1 aliphatic heterocycles. The average Bonchev–Trinajstić information content (AvgIpc) is 3.60. The maximum atomic E-state index is 12.7. The summed E-state index contributed by atoms with van der Waals surface area (Å²) in [6.45, 7) is 5.77. The monoisotopic (exact) mass is 420 g/mol. The zero-order chi connectivity index (χ0) is 21.6. The van der Waals surface area contributed by atoms with E-state index in [1.165, 1.54) is 5.56 Å². The van der Waals surface area contributed by atoms with Crippen LogP contribution in [0.4, 0.5) is 0 Å². The first-order valence-corrected chi connectivity index (χ1v) is 11.2. The van der Waals surface area contributed by atoms with Gasteiger partial charge in [0.15, 0.2) is 0 Å². The number of carbonyl (C=O) groups is 2. The Hall–Kier alpha value is -2.70. The van der Waals surface area contributed by atoms with E-state index in [9.17, 15) is 9.59 Å². The third-order valence-electron chi connectivity index (χ3n) is 6.05. The normalized spacial score (nSPS) is 17.3. The van der Waals surface area contributed by atoms with Crippen molar-refractivity contribution in [2.45, 2.75) is 32.0 Å². The van der Waals surface area contributed by atoms with Crippen molar-refractivity contribution < 1.29 is 9.59 Å². The van der Waals surface area contributed by atoms with Gasteiger partial charge in [-0.2, -0.15) is 0 Å². The summed E-state index contributed by atoms with van der Waals surface area (Å²) in [6.07, 6.45) is 2.16. The number of carbonyl (C=O) groups excluding carboxylic acids is 2. The fourth-order valence-corrected chi connectivity index (χ4v) is 3.88. The molecule has 2 fully saturated rings. The Balaban J connectivity index is 1.19. The second kappa shape index (κ2) is 10.1. The number of amides is 2. The lowest BCUT2D eigenvalue weighted by Gasteiger charge is -2.35. The minimum Gasteiger partial charge on any atom is -0.349 e. The first-order valence-electron chi connectivity index (χ1n) is 11.2. The van der Waals surface area contributed by atoms with E-state index in [1.54, 1.807) is 4.90 Å². The molecule has 0 spiro atoms. The summed E-state index contributed by atoms with van der Waals surface area (Å²) in [5.41, 5.74) is 3.05. The highest BCUT2D eigenvalue weighted by Gasteiger charge is 2.24. The molecule has 2 amide bonds. The summed E-state index contributed by atoms with van der Waals surface area (Å²) in [6, 6.07) is 18.5. The highest BCUT2D eigenvalue weighted by molar-refractivity contribution is 5.94. The van der Waals surface area contributed by atoms with Crippen LogP contribution in [0.1, 0.15) is 34.3 Å². The number of nitrogens with one attached hydrogen (secondary N) is 1. The number of hydrogen-bond donors (Lipinski definition) is 1. The van der Waals surface area contributed by atoms with Gasteiger partial charge in [0.1, 0.15) is 0 Å². The van der Waals surface area contributed by atoms with Crippen molar-refractivity contribution in [2.24, 2.45) is 0 Å². The summed E-state index contributed by atoms with van der Waals surface area (Å²) in [5.74, 6) is 0.122. The van der Waals surface area contributed by atoms with E-state index in [4.69, 9.17) is 0 Å². The number of nitrogens with zero attached hydrogens (tertiary/aromatic N) is 3. The molecule has 6 heteroatoms. The Kier molecular flexibility index (Phi) is 6.99. The van der Waals surface area contributed by atoms with Gasteiger partial charge in [-0.05, 0) is 36.1 Å². The first kappa shape index (κ1) is 21.5. The van der Waals surface area contributed by atoms with Crippen LogP contribution >= 0.6 is 0 Å². The molecule has 1 saturated heterocycles. The van der Waals surface area contributed by atoms with Crippen LogP contribution in [0.2, 0.25) is 0 Å². The molecule has 0 aromatic heterocycles. The van der Waals surface area contributed by atoms with Crippen molar-refractivity contribution in [3.63, 3.8) is 0 Å². The predicted octanol–water partition coefficient (Wildman–Crippen LogP) is 2.35. The van der Waals surface area contributed by atoms with E-state index >= 15 is 0 Å². The molecule has 6 nitrogen and oxygen atoms in total. The van der Waals surface area contributed by atoms with Crippen LogP contribution in [0, 0.1) is 0 Å². The molecular formula is C25H32N4O2. The Morgan fingerprint density at radius 2 is 1.55 bits per heavy atom. The maximum Gasteiger partial charge on any atom is 0.251 e. The van der Waals surface area contributed by atoms with E-state index in [-0.39, 0.29) is 11.8 Å². The zero-order valence-corrected chi connectivity index (χ0v) is 18.3. The Labute approximate surface area is 184 Å². The van der Waals surface area contributed by atoms with Crippen LogP contribution in [-0.4, -0.2) is 72.3 Å². The summed E-state index contributed by atoms with van der Waals surface area (Å²) in [5, 5.41) is 3.00. The smallest absolute Gasteiger partial charge is 0.251 e. The maximum absolute atomic E-state index is 12.7. The van der Waals surface area contributed by atoms with E-state index in [0.29, 0.717) is 24.7 Å². The van der Waals surface area contributed by atoms with Crippen LogP contribution in [0.25, 0.3) is 0 Å². The highest BCUT2D eigenvalue weighted by atomic mass is 16.2. The molecule has 164 valence electrons. The molecule has 0 bridgehead atoms. The van der Waals surface area contributed by atoms with Crippen LogP contribution in [0.15, 0.2) is 54.6 Å². The standard InChI is InChI=1S/C25H32N4O2/c1-27(17-21-7-9-22(10-8-21)25(31)26-23-11-12-23)24(30)19-29-15-13-28(14-16-29)18-20-5-3-2-4-6-20/h2-10,23H,11-19H2,1H3,(H,26,31). The molecule has 1 aliphatic carbocycles. The first-order chi connectivity index (χ1) is 15.1. The largest absolute Gasteiger partial charge is 0.349 e. The predicted molar refractivity (Wildman–Crippen MR) is 122 cm³/mol. The van der Waals surface area contributed by atoms with Crippen LogP contribution < -0.4 is 5.32 Å². The molecule has 2 aliphatic rings. The van der Waals surface area contributed by atoms with Crippen LogP contribution in [-0.2, 0) is 17.9 Å². The van der Waals surface area contributed by atoms with Crippen molar-refractivity contribution in [2.75, 3.05) is 39.8 Å². The van der Waals surface area contributed by atoms with Crippen molar-refractivity contribution in [3.05, 3.63) is 71.3 Å². The third-order valence-corrected chi connectivity index (χ3v) is 6.05. The van der Waals surface area contributed by atoms with Crippen molar-refractivity contribution >= 4 is 11.8 Å². The molecule has 1 saturated carbocycles. The van der Waals surface area contributed by atoms with Crippen molar-refractivity contribution in [3.8, 4) is 0 Å². The molecular weight excluding hydrogens is 388 g/mol. The van der Waals surface area contributed by atoms with Gasteiger partial charge in [0.2, 0.25) is 5.91 Å². The Bertz CT molecular complexity index is 872. The molecule has 0 radical (unpaired) electrons. The molecule has 0 unspecified atom stereocenters. The summed E-state index contributed by atoms with van der Waals surface area (Å²) < 4.78 is 0. The van der Waals surface area contributed by atoms with Gasteiger partial charge in [-0.3, -0.25) is 19.4 Å². The molecule has 1 N–H and O–H groups in total. The fraction of sp³-hybridized carbons (Fsp3) is 0.440. The number of rotatable bonds is 8. The molecule has 1 heterocycles. The third kappa shape index (κ3) is 6.39. The lowest BCUT2D eigenvalue weighted by atomic mass is 10.1. The Morgan fingerprint density at radius 3 is 2.19 bits per heavy atom. The van der Waals surface area contributed by atoms with Gasteiger partial charge in [0.25, 0.3) is 5.91 Å². The van der Waals surface area contributed by atoms with Crippen LogP contribution in [0.3, 0.4) is 0 Å². The zero-order valence-electron chi connectivity index (χ0n) is 18.3. The molecule has 4 rings (SSSR count). The number of benzene rings is 2. The van der Waals surface area contributed by atoms with Gasteiger partial charge in [0.05, 0.1) is 6.54 Å². The van der Waals surface area contributed by atoms with Crippen LogP contribution in [0.5, 0.6) is 0 Å². The van der Waals surface area contributed by atoms with E-state index in [1.807, 2.05) is 37.4 Å². The molecule has 0 atom stereocenters. The van der Waals surface area contributed by atoms with E-state index in [0.717, 1.165) is 51.1 Å². The minimum absolute atomic E-state index is 0.00936. The lowest BCUT2D eigenvalue weighted by molar-refractivity contribution is -0.132. The molecule has 2 aromatic rings. The van der Waals surface area contributed by atoms with Crippen molar-refractivity contribution in [1.82, 2.24) is 20.0 Å². The summed E-state index contributed by atoms with van der Waals surface area (Å²) >= 11 is 0. The van der Waals surface area contributed by atoms with Gasteiger partial charge in [-0.25, -0.2) is 0 Å². The molecule has 31 heavy (non-hydrogen) atoms. The second-order valence-corrected chi connectivity index (χ2v) is 8.73. The highest BCUT2D eigenvalue weighted by Crippen LogP contribution is 2.19. The number of hydrogen-bond acceptors (Lipinski definition) is 4. The van der Waals surface area contributed by atoms with Gasteiger partial charge >= 0.3 is 0 Å². The summed E-state index contributed by atoms with van der Waals surface area (Å²) in [7, 11) is 1.85. The summed E-state index contributed by atoms with van der Waals surface area (Å²) in [4.78, 5) is 31.3. The van der Waals surface area contributed by atoms with Gasteiger partial charge in [0, 0.05) is 57.9 Å². The van der Waals surface area contributed by atoms with E-state index in [2.05, 4.69) is 39.4 Å². The lowest BCUT2D eigenvalue weighted by Crippen LogP contribution is -2.49. The van der Waals surface area contributed by atoms with Gasteiger partial charge in [-0.1, -0.05) is 42.5 Å². The minimum atomic E-state index is -0.00936. The SMILES string of the molecule is CN(Cc1ccc(C(=O)NC2CC2)cc1)C(=O)CN1CCN(Cc2ccccc2)CC1. The Morgan fingerprint density at radius 1 is 0.903 bits per heavy atom. The quantitative estimate of drug-likeness (QED) is 0.712. The number of piperazine rings is 1. The van der Waals surface area contributed by atoms with E-state index < -0.39 is 0 Å². The van der Waals surface area contributed by atoms with Gasteiger partial charge < -0.3 is 10.2 Å².